The van der Waals surface area contributed by atoms with Gasteiger partial charge in [0.1, 0.15) is 36.1 Å². The molecule has 1 aromatic carbocycles. The molecule has 5 N–H and O–H groups in total. The fourth-order valence-corrected chi connectivity index (χ4v) is 11.6. The maximum Gasteiger partial charge on any atom is 0.311 e. The molecule has 3 aliphatic heterocycles. The predicted octanol–water partition coefficient (Wildman–Crippen LogP) is 5.88. The lowest BCUT2D eigenvalue weighted by atomic mass is 9.77. The van der Waals surface area contributed by atoms with Gasteiger partial charge in [-0.2, -0.15) is 0 Å². The highest BCUT2D eigenvalue weighted by molar-refractivity contribution is 7.18. The number of Topliss-reactive ketones (excluding diaryl/α,β-unsaturated/α-hetero) is 1. The van der Waals surface area contributed by atoms with Crippen LogP contribution in [0.1, 0.15) is 112 Å². The number of benzene rings is 1. The number of nitrogens with two attached hydrogens (primary N) is 1. The van der Waals surface area contributed by atoms with E-state index in [1.165, 1.54) is 49.4 Å². The van der Waals surface area contributed by atoms with Gasteiger partial charge in [-0.15, -0.1) is 5.10 Å². The molecule has 0 saturated carbocycles. The second kappa shape index (κ2) is 25.0. The number of hydrogen-bond donors (Lipinski definition) is 4. The molecule has 1 unspecified atom stereocenters. The maximum absolute atomic E-state index is 15.1. The zero-order chi connectivity index (χ0) is 53.7. The molecule has 5 heterocycles. The highest BCUT2D eigenvalue weighted by Crippen LogP contribution is 2.39. The summed E-state index contributed by atoms with van der Waals surface area (Å²) in [5, 5.41) is 43.3. The van der Waals surface area contributed by atoms with Crippen molar-refractivity contribution in [2.45, 2.75) is 192 Å². The molecule has 410 valence electrons. The average Bonchev–Trinajstić information content (AvgIpc) is 4.03. The van der Waals surface area contributed by atoms with Gasteiger partial charge in [-0.05, 0) is 79.0 Å². The van der Waals surface area contributed by atoms with Crippen molar-refractivity contribution in [3.63, 3.8) is 0 Å². The van der Waals surface area contributed by atoms with Gasteiger partial charge in [-0.3, -0.25) is 9.59 Å². The van der Waals surface area contributed by atoms with Crippen LogP contribution in [0.15, 0.2) is 30.6 Å². The Kier molecular flexibility index (Phi) is 20.1. The molecule has 18 atom stereocenters. The summed E-state index contributed by atoms with van der Waals surface area (Å²) in [5.74, 6) is -4.85. The van der Waals surface area contributed by atoms with Crippen LogP contribution in [0, 0.1) is 29.5 Å². The fraction of sp³-hybridized carbons (Fsp3) is 0.750. The Morgan fingerprint density at radius 2 is 1.71 bits per heavy atom. The number of alkyl halides is 1. The van der Waals surface area contributed by atoms with Crippen molar-refractivity contribution in [2.75, 3.05) is 40.2 Å². The van der Waals surface area contributed by atoms with E-state index in [2.05, 4.69) is 20.2 Å². The number of carbonyl (C=O) groups excluding carboxylic acids is 2. The molecule has 3 aromatic rings. The zero-order valence-electron chi connectivity index (χ0n) is 44.5. The van der Waals surface area contributed by atoms with Crippen molar-refractivity contribution < 1.29 is 66.8 Å². The Bertz CT molecular complexity index is 2280. The summed E-state index contributed by atoms with van der Waals surface area (Å²) in [5.41, 5.74) is 4.36. The van der Waals surface area contributed by atoms with Crippen LogP contribution in [0.2, 0.25) is 0 Å². The van der Waals surface area contributed by atoms with Gasteiger partial charge in [-0.25, -0.2) is 18.4 Å². The summed E-state index contributed by atoms with van der Waals surface area (Å²) in [6, 6.07) is 4.08. The first-order chi connectivity index (χ1) is 34.4. The second-order valence-electron chi connectivity index (χ2n) is 21.2. The van der Waals surface area contributed by atoms with Crippen molar-refractivity contribution in [3.8, 4) is 10.4 Å². The number of aliphatic hydroxyl groups excluding tert-OH is 2. The third kappa shape index (κ3) is 13.7. The molecule has 0 bridgehead atoms. The molecule has 0 amide bonds. The summed E-state index contributed by atoms with van der Waals surface area (Å²) in [6.45, 7) is 15.2. The normalized spacial score (nSPS) is 36.7. The van der Waals surface area contributed by atoms with Crippen LogP contribution in [0.5, 0.6) is 0 Å². The van der Waals surface area contributed by atoms with Crippen LogP contribution in [0.25, 0.3) is 10.4 Å². The van der Waals surface area contributed by atoms with Gasteiger partial charge >= 0.3 is 5.97 Å². The molecule has 21 heteroatoms. The third-order valence-electron chi connectivity index (χ3n) is 15.7. The number of nitrogens with zero attached hydrogens (tertiary/aromatic N) is 5. The number of thiazole rings is 1. The van der Waals surface area contributed by atoms with E-state index >= 15 is 4.39 Å². The Labute approximate surface area is 432 Å². The molecule has 6 rings (SSSR count). The molecular weight excluding hydrogens is 971 g/mol. The van der Waals surface area contributed by atoms with Crippen molar-refractivity contribution in [2.24, 2.45) is 23.7 Å². The van der Waals surface area contributed by atoms with Crippen LogP contribution >= 0.6 is 11.3 Å². The summed E-state index contributed by atoms with van der Waals surface area (Å²) >= 11 is 1.19. The highest BCUT2D eigenvalue weighted by atomic mass is 32.1. The number of aromatic nitrogens is 4. The molecule has 2 aromatic heterocycles. The van der Waals surface area contributed by atoms with Gasteiger partial charge in [-0.1, -0.05) is 56.4 Å². The van der Waals surface area contributed by atoms with Crippen LogP contribution < -0.4 is 5.73 Å². The smallest absolute Gasteiger partial charge is 0.311 e. The first-order valence-corrected chi connectivity index (χ1v) is 26.5. The van der Waals surface area contributed by atoms with Gasteiger partial charge in [0.05, 0.1) is 64.8 Å². The predicted molar refractivity (Wildman–Crippen MR) is 268 cm³/mol. The van der Waals surface area contributed by atoms with E-state index in [0.29, 0.717) is 52.6 Å². The lowest BCUT2D eigenvalue weighted by molar-refractivity contribution is -0.305. The van der Waals surface area contributed by atoms with Crippen LogP contribution in [-0.4, -0.2) is 165 Å². The number of rotatable bonds is 16. The van der Waals surface area contributed by atoms with Crippen LogP contribution in [0.4, 0.5) is 13.9 Å². The number of nitrogen functional groups attached to an aromatic ring is 1. The number of anilines is 1. The second-order valence-corrected chi connectivity index (χ2v) is 22.3. The largest absolute Gasteiger partial charge is 0.459 e. The van der Waals surface area contributed by atoms with E-state index in [0.717, 1.165) is 0 Å². The van der Waals surface area contributed by atoms with E-state index in [-0.39, 0.29) is 43.6 Å². The number of hydrogen-bond acceptors (Lipinski definition) is 18. The molecule has 0 aliphatic carbocycles. The number of cyclic esters (lactones) is 1. The number of aliphatic hydroxyl groups is 3. The SMILES string of the molecule is CC[C@H]1OC(=O)[C@H](C)[C@@H](O[C@H]2C[C@@](C)(OC)C(O)[C@H](C)O2)[C@H](C)[C@@H](O[C@H]2C[C@@H](N(C)CCc3cn([C@H](CF)Cc4ccc(-c5cnc(N)s5)c(F)c4)nn3)C[C@@H](C)O2)[C@H](OC)C[C@@H](C)C(=O)[C@H](C)[C@@H](O)[C@]1(C)O. The number of ketones is 1. The monoisotopic (exact) mass is 1050 g/mol. The standard InChI is InChI=1S/C52H80F2N6O12S/c1-13-41-52(9,65)47(62)29(4)44(61)27(2)18-39(66-11)46(30(5)45(31(6)49(64)70-41)72-43-23-51(8,67-12)48(63)32(7)69-43)71-42-22-35(19-28(3)68-42)59(10)17-16-34-26-60(58-57-34)36(24-53)20-33-14-15-37(38(54)21-33)40-25-56-50(55)73-40/h14-15,21,25-32,35-36,39,41-43,45-48,62-63,65H,13,16-20,22-24H2,1-12H3,(H2,55,56)/t27-,28-,29+,30+,31-,32+,35+,36+,39-,41-,42+,43+,45+,46-,47-,48?,51-,52-/m1/s1. The first-order valence-electron chi connectivity index (χ1n) is 25.6. The summed E-state index contributed by atoms with van der Waals surface area (Å²) < 4.78 is 75.8. The van der Waals surface area contributed by atoms with E-state index in [1.807, 2.05) is 20.9 Å². The van der Waals surface area contributed by atoms with Crippen molar-refractivity contribution in [1.82, 2.24) is 24.9 Å². The minimum Gasteiger partial charge on any atom is -0.459 e. The van der Waals surface area contributed by atoms with Crippen molar-refractivity contribution in [3.05, 3.63) is 47.7 Å². The van der Waals surface area contributed by atoms with Gasteiger partial charge < -0.3 is 59.1 Å². The lowest BCUT2D eigenvalue weighted by Gasteiger charge is -2.47. The molecule has 3 fully saturated rings. The van der Waals surface area contributed by atoms with Crippen LogP contribution in [-0.2, 0) is 55.6 Å². The number of ether oxygens (including phenoxy) is 7. The number of carbonyl (C=O) groups is 2. The number of methoxy groups -OCH3 is 2. The van der Waals surface area contributed by atoms with Crippen molar-refractivity contribution >= 4 is 28.2 Å². The number of likely N-dealkylation sites (N-methyl/N-ethyl adjacent to an activating group) is 1. The molecule has 18 nitrogen and oxygen atoms in total. The number of esters is 1. The fourth-order valence-electron chi connectivity index (χ4n) is 10.9. The lowest BCUT2D eigenvalue weighted by Crippen LogP contribution is -2.59. The summed E-state index contributed by atoms with van der Waals surface area (Å²) in [4.78, 5) is 35.3. The average molecular weight is 1050 g/mol. The van der Waals surface area contributed by atoms with E-state index < -0.39 is 115 Å². The molecule has 3 saturated heterocycles. The minimum atomic E-state index is -1.98. The molecule has 0 radical (unpaired) electrons. The summed E-state index contributed by atoms with van der Waals surface area (Å²) in [7, 11) is 5.04. The van der Waals surface area contributed by atoms with E-state index in [1.54, 1.807) is 59.9 Å². The number of halogens is 2. The van der Waals surface area contributed by atoms with Gasteiger partial charge in [0, 0.05) is 81.8 Å². The quantitative estimate of drug-likeness (QED) is 0.123. The molecular formula is C52H80F2N6O12S. The minimum absolute atomic E-state index is 0.0331. The topological polar surface area (TPSA) is 232 Å². The molecule has 0 spiro atoms. The Morgan fingerprint density at radius 3 is 2.34 bits per heavy atom. The Hall–Kier alpha value is -3.61. The Morgan fingerprint density at radius 1 is 1.00 bits per heavy atom. The third-order valence-corrected chi connectivity index (χ3v) is 16.6. The molecule has 73 heavy (non-hydrogen) atoms. The zero-order valence-corrected chi connectivity index (χ0v) is 45.3. The summed E-state index contributed by atoms with van der Waals surface area (Å²) in [6.07, 6.45) is -3.55. The Balaban J connectivity index is 1.21. The van der Waals surface area contributed by atoms with Gasteiger partial charge in [0.15, 0.2) is 17.7 Å². The van der Waals surface area contributed by atoms with E-state index in [9.17, 15) is 29.3 Å². The van der Waals surface area contributed by atoms with Gasteiger partial charge in [0.2, 0.25) is 0 Å². The molecule has 3 aliphatic rings. The van der Waals surface area contributed by atoms with E-state index in [4.69, 9.17) is 38.9 Å². The van der Waals surface area contributed by atoms with Crippen molar-refractivity contribution in [1.29, 1.82) is 0 Å². The highest BCUT2D eigenvalue weighted by Gasteiger charge is 2.51. The van der Waals surface area contributed by atoms with Gasteiger partial charge in [0.25, 0.3) is 0 Å². The first kappa shape index (κ1) is 58.6. The maximum atomic E-state index is 15.1. The van der Waals surface area contributed by atoms with Crippen LogP contribution in [0.3, 0.4) is 0 Å².